The van der Waals surface area contributed by atoms with Crippen LogP contribution in [-0.2, 0) is 58.0 Å². The number of hydrogen-bond acceptors (Lipinski definition) is 16. The Balaban J connectivity index is 1.43. The van der Waals surface area contributed by atoms with Crippen molar-refractivity contribution in [1.82, 2.24) is 10.6 Å². The van der Waals surface area contributed by atoms with Crippen molar-refractivity contribution in [2.75, 3.05) is 13.2 Å². The third kappa shape index (κ3) is 8.68. The van der Waals surface area contributed by atoms with Crippen LogP contribution < -0.4 is 10.6 Å². The Labute approximate surface area is 251 Å². The molecule has 2 N–H and O–H groups in total. The summed E-state index contributed by atoms with van der Waals surface area (Å²) in [7, 11) is -17.0. The first kappa shape index (κ1) is 33.6. The van der Waals surface area contributed by atoms with E-state index in [0.717, 1.165) is 29.2 Å². The van der Waals surface area contributed by atoms with Gasteiger partial charge in [0.2, 0.25) is 37.1 Å². The Morgan fingerprint density at radius 3 is 1.82 bits per heavy atom. The molecule has 44 heavy (non-hydrogen) atoms. The molecule has 4 rings (SSSR count). The van der Waals surface area contributed by atoms with Gasteiger partial charge in [0.05, 0.1) is 0 Å². The minimum absolute atomic E-state index is 0.117. The van der Waals surface area contributed by atoms with E-state index in [1.807, 2.05) is 53.8 Å². The van der Waals surface area contributed by atoms with Gasteiger partial charge in [0.1, 0.15) is 25.4 Å². The van der Waals surface area contributed by atoms with Crippen molar-refractivity contribution in [3.63, 3.8) is 0 Å². The van der Waals surface area contributed by atoms with Crippen LogP contribution >= 0.6 is 0 Å². The third-order valence-electron chi connectivity index (χ3n) is 6.56. The minimum atomic E-state index is -5.71. The zero-order valence-electron chi connectivity index (χ0n) is 22.3. The van der Waals surface area contributed by atoms with E-state index in [2.05, 4.69) is 17.9 Å². The predicted molar refractivity (Wildman–Crippen MR) is 139 cm³/mol. The number of ether oxygens (including phenoxy) is 2. The van der Waals surface area contributed by atoms with Gasteiger partial charge in [0.15, 0.2) is 12.5 Å². The van der Waals surface area contributed by atoms with Gasteiger partial charge in [0.25, 0.3) is 0 Å². The summed E-state index contributed by atoms with van der Waals surface area (Å²) in [6.45, 7) is -0.107. The number of hydrogen-bond donors (Lipinski definition) is 2. The van der Waals surface area contributed by atoms with Gasteiger partial charge in [-0.25, -0.2) is 34.2 Å². The van der Waals surface area contributed by atoms with Crippen LogP contribution in [0.4, 0.5) is 4.79 Å². The molecule has 0 spiro atoms. The molecule has 0 saturated carbocycles. The average Bonchev–Trinajstić information content (AvgIpc) is 3.22. The highest BCUT2D eigenvalue weighted by atomic mass is 32.3. The molecule has 2 aromatic carbocycles. The molecular formula is C23H23N2O16S3-3. The van der Waals surface area contributed by atoms with Gasteiger partial charge >= 0.3 is 6.09 Å². The van der Waals surface area contributed by atoms with Gasteiger partial charge in [0, 0.05) is 11.8 Å². The highest BCUT2D eigenvalue weighted by molar-refractivity contribution is 7.81. The normalized spacial score (nSPS) is 23.8. The van der Waals surface area contributed by atoms with Crippen molar-refractivity contribution in [2.45, 2.75) is 37.6 Å². The molecule has 1 aliphatic carbocycles. The molecule has 2 aliphatic rings. The van der Waals surface area contributed by atoms with Crippen LogP contribution in [0.1, 0.15) is 24.0 Å². The number of carbonyl (C=O) groups is 2. The van der Waals surface area contributed by atoms with Crippen LogP contribution in [0.2, 0.25) is 0 Å². The lowest BCUT2D eigenvalue weighted by molar-refractivity contribution is -0.246. The zero-order chi connectivity index (χ0) is 32.4. The molecule has 18 nitrogen and oxygen atoms in total. The molecule has 1 fully saturated rings. The van der Waals surface area contributed by atoms with E-state index < -0.39 is 80.4 Å². The van der Waals surface area contributed by atoms with E-state index in [4.69, 9.17) is 9.47 Å². The maximum atomic E-state index is 12.6. The van der Waals surface area contributed by atoms with E-state index in [1.165, 1.54) is 0 Å². The molecule has 0 aromatic heterocycles. The lowest BCUT2D eigenvalue weighted by Crippen LogP contribution is -2.63. The van der Waals surface area contributed by atoms with Crippen LogP contribution in [0.15, 0.2) is 48.5 Å². The SMILES string of the molecule is CC1C(OS(=O)(=O)[O-])O[C@@H](NC(=O)CNC(=O)OCC2c3ccccc3-c3ccccc32)C(OS(=O)(=O)[O-])[C@H]1OS(=O)(=O)[O-]. The second kappa shape index (κ2) is 13.0. The molecule has 1 heterocycles. The number of carbonyl (C=O) groups excluding carboxylic acids is 2. The van der Waals surface area contributed by atoms with Crippen molar-refractivity contribution in [3.05, 3.63) is 59.7 Å². The second-order valence-corrected chi connectivity index (χ2v) is 12.5. The maximum absolute atomic E-state index is 12.6. The van der Waals surface area contributed by atoms with E-state index in [1.54, 1.807) is 0 Å². The third-order valence-corrected chi connectivity index (χ3v) is 7.90. The van der Waals surface area contributed by atoms with E-state index in [-0.39, 0.29) is 12.5 Å². The number of nitrogens with one attached hydrogen (secondary N) is 2. The smallest absolute Gasteiger partial charge is 0.407 e. The quantitative estimate of drug-likeness (QED) is 0.216. The lowest BCUT2D eigenvalue weighted by Gasteiger charge is -2.44. The maximum Gasteiger partial charge on any atom is 0.407 e. The Morgan fingerprint density at radius 2 is 1.30 bits per heavy atom. The largest absolute Gasteiger partial charge is 0.726 e. The summed E-state index contributed by atoms with van der Waals surface area (Å²) in [6.07, 6.45) is -10.3. The number of fused-ring (bicyclic) bond motifs is 3. The van der Waals surface area contributed by atoms with Gasteiger partial charge in [-0.15, -0.1) is 0 Å². The Kier molecular flexibility index (Phi) is 9.94. The van der Waals surface area contributed by atoms with E-state index in [9.17, 15) is 48.5 Å². The summed E-state index contributed by atoms with van der Waals surface area (Å²) < 4.78 is 124. The monoisotopic (exact) mass is 679 g/mol. The topological polar surface area (TPSA) is 276 Å². The second-order valence-electron chi connectivity index (χ2n) is 9.47. The molecule has 3 unspecified atom stereocenters. The van der Waals surface area contributed by atoms with Crippen LogP contribution in [0.25, 0.3) is 11.1 Å². The summed E-state index contributed by atoms with van der Waals surface area (Å²) in [4.78, 5) is 25.0. The van der Waals surface area contributed by atoms with Crippen LogP contribution in [0.3, 0.4) is 0 Å². The fourth-order valence-corrected chi connectivity index (χ4v) is 6.34. The van der Waals surface area contributed by atoms with Crippen molar-refractivity contribution >= 4 is 43.2 Å². The molecule has 0 bridgehead atoms. The van der Waals surface area contributed by atoms with E-state index >= 15 is 0 Å². The molecular weight excluding hydrogens is 656 g/mol. The van der Waals surface area contributed by atoms with E-state index in [0.29, 0.717) is 0 Å². The van der Waals surface area contributed by atoms with Crippen LogP contribution in [0, 0.1) is 5.92 Å². The molecule has 21 heteroatoms. The molecule has 242 valence electrons. The highest BCUT2D eigenvalue weighted by Gasteiger charge is 2.49. The van der Waals surface area contributed by atoms with Gasteiger partial charge in [-0.05, 0) is 22.3 Å². The minimum Gasteiger partial charge on any atom is -0.726 e. The van der Waals surface area contributed by atoms with Gasteiger partial charge in [-0.2, -0.15) is 0 Å². The predicted octanol–water partition coefficient (Wildman–Crippen LogP) is -0.873. The molecule has 2 aromatic rings. The molecule has 5 atom stereocenters. The molecule has 1 saturated heterocycles. The van der Waals surface area contributed by atoms with Gasteiger partial charge < -0.3 is 33.8 Å². The Hall–Kier alpha value is -3.25. The van der Waals surface area contributed by atoms with Gasteiger partial charge in [-0.1, -0.05) is 55.5 Å². The first-order valence-corrected chi connectivity index (χ1v) is 16.4. The number of amides is 2. The summed E-state index contributed by atoms with van der Waals surface area (Å²) >= 11 is 0. The van der Waals surface area contributed by atoms with Crippen molar-refractivity contribution < 1.29 is 70.5 Å². The number of rotatable bonds is 11. The van der Waals surface area contributed by atoms with Crippen LogP contribution in [0.5, 0.6) is 0 Å². The Bertz CT molecular complexity index is 1690. The first-order valence-electron chi connectivity index (χ1n) is 12.4. The van der Waals surface area contributed by atoms with Crippen molar-refractivity contribution in [3.8, 4) is 11.1 Å². The number of alkyl carbamates (subject to hydrolysis) is 1. The molecule has 2 amide bonds. The highest BCUT2D eigenvalue weighted by Crippen LogP contribution is 2.44. The standard InChI is InChI=1S/C23H26N2O16S3/c1-12-19(39-42(28,29)30)20(40-43(31,32)33)21(38-22(12)41-44(34,35)36)25-18(26)10-24-23(27)37-11-17-15-8-4-2-6-13(15)14-7-3-5-9-16(14)17/h2-9,12,17,19-22H,10-11H2,1H3,(H,24,27)(H,25,26)(H,28,29,30)(H,31,32,33)(H,34,35,36)/p-3/t12?,19-,20?,21+,22?/m0/s1. The molecule has 1 aliphatic heterocycles. The first-order chi connectivity index (χ1) is 20.4. The fourth-order valence-electron chi connectivity index (χ4n) is 4.85. The van der Waals surface area contributed by atoms with Crippen molar-refractivity contribution in [1.29, 1.82) is 0 Å². The Morgan fingerprint density at radius 1 is 0.795 bits per heavy atom. The lowest BCUT2D eigenvalue weighted by atomic mass is 9.95. The molecule has 0 radical (unpaired) electrons. The summed E-state index contributed by atoms with van der Waals surface area (Å²) in [5.41, 5.74) is 3.76. The average molecular weight is 680 g/mol. The number of benzene rings is 2. The van der Waals surface area contributed by atoms with Gasteiger partial charge in [-0.3, -0.25) is 13.2 Å². The fraction of sp³-hybridized carbons (Fsp3) is 0.391. The summed E-state index contributed by atoms with van der Waals surface area (Å²) in [6, 6.07) is 15.0. The zero-order valence-corrected chi connectivity index (χ0v) is 24.7. The summed E-state index contributed by atoms with van der Waals surface area (Å²) in [5, 5.41) is 4.02. The van der Waals surface area contributed by atoms with Crippen LogP contribution in [-0.4, -0.2) is 88.8 Å². The summed E-state index contributed by atoms with van der Waals surface area (Å²) in [5.74, 6) is -3.28. The van der Waals surface area contributed by atoms with Crippen molar-refractivity contribution in [2.24, 2.45) is 5.92 Å².